The zero-order valence-corrected chi connectivity index (χ0v) is 22.8. The minimum Gasteiger partial charge on any atom is -0.123 e. The van der Waals surface area contributed by atoms with Gasteiger partial charge in [-0.1, -0.05) is 90.1 Å². The largest absolute Gasteiger partial charge is 0.123 e. The molecule has 0 spiro atoms. The summed E-state index contributed by atoms with van der Waals surface area (Å²) < 4.78 is 0. The van der Waals surface area contributed by atoms with Gasteiger partial charge in [-0.05, 0) is 76.2 Å². The van der Waals surface area contributed by atoms with E-state index in [1.165, 1.54) is 41.8 Å². The van der Waals surface area contributed by atoms with Crippen molar-refractivity contribution in [1.29, 1.82) is 0 Å². The Hall–Kier alpha value is -1.56. The van der Waals surface area contributed by atoms with Crippen LogP contribution in [0.15, 0.2) is 117 Å². The second-order valence-electron chi connectivity index (χ2n) is 9.00. The molecule has 2 atom stereocenters. The fourth-order valence-corrected chi connectivity index (χ4v) is 44.2. The Balaban J connectivity index is 2.07. The van der Waals surface area contributed by atoms with E-state index >= 15 is 0 Å². The second-order valence-corrected chi connectivity index (χ2v) is 29.0. The Morgan fingerprint density at radius 1 is 0.469 bits per heavy atom. The van der Waals surface area contributed by atoms with E-state index in [1.54, 1.807) is 0 Å². The minimum absolute atomic E-state index is 0.479. The molecule has 4 heteroatoms. The van der Waals surface area contributed by atoms with Gasteiger partial charge in [-0.3, -0.25) is 0 Å². The Bertz CT molecular complexity index is 1110. The fourth-order valence-electron chi connectivity index (χ4n) is 5.01. The van der Waals surface area contributed by atoms with Crippen molar-refractivity contribution in [2.75, 3.05) is 0 Å². The summed E-state index contributed by atoms with van der Waals surface area (Å²) in [6.45, 7) is 5.42. The van der Waals surface area contributed by atoms with Crippen LogP contribution in [0.2, 0.25) is 0 Å². The molecule has 4 aromatic carbocycles. The lowest BCUT2D eigenvalue weighted by atomic mass is 10.2. The van der Waals surface area contributed by atoms with E-state index in [1.807, 2.05) is 0 Å². The first-order valence-electron chi connectivity index (χ1n) is 10.9. The molecule has 1 fully saturated rings. The molecule has 0 bridgehead atoms. The van der Waals surface area contributed by atoms with Crippen LogP contribution in [0.1, 0.15) is 22.3 Å². The number of aryl methyl sites for hydroxylation is 4. The Kier molecular flexibility index (Phi) is 5.02. The molecule has 164 valence electrons. The summed E-state index contributed by atoms with van der Waals surface area (Å²) in [4.78, 5) is 5.83. The van der Waals surface area contributed by atoms with Crippen LogP contribution in [0, 0.1) is 27.7 Å². The summed E-state index contributed by atoms with van der Waals surface area (Å²) in [5.74, 6) is 0. The molecule has 0 aromatic heterocycles. The third kappa shape index (κ3) is 2.45. The van der Waals surface area contributed by atoms with Gasteiger partial charge in [0.15, 0.2) is 0 Å². The molecule has 0 nitrogen and oxygen atoms in total. The van der Waals surface area contributed by atoms with Crippen molar-refractivity contribution in [2.45, 2.75) is 47.3 Å². The smallest absolute Gasteiger partial charge is 0.0336 e. The molecule has 0 amide bonds. The molecule has 1 heterocycles. The average molecular weight is 493 g/mol. The van der Waals surface area contributed by atoms with Crippen LogP contribution >= 0.6 is 32.3 Å². The Labute approximate surface area is 198 Å². The minimum atomic E-state index is -3.31. The lowest BCUT2D eigenvalue weighted by Gasteiger charge is -2.65. The zero-order chi connectivity index (χ0) is 22.6. The highest BCUT2D eigenvalue weighted by Gasteiger charge is 2.83. The third-order valence-corrected chi connectivity index (χ3v) is 39.4. The summed E-state index contributed by atoms with van der Waals surface area (Å²) in [7, 11) is 5.53. The lowest BCUT2D eigenvalue weighted by Crippen LogP contribution is -2.21. The highest BCUT2D eigenvalue weighted by atomic mass is 33.9. The van der Waals surface area contributed by atoms with Gasteiger partial charge in [0.2, 0.25) is 0 Å². The van der Waals surface area contributed by atoms with Crippen molar-refractivity contribution in [2.24, 2.45) is 0 Å². The van der Waals surface area contributed by atoms with E-state index < -0.39 is 13.0 Å². The van der Waals surface area contributed by atoms with Gasteiger partial charge in [0.25, 0.3) is 0 Å². The molecule has 1 aliphatic rings. The standard InChI is InChI=1S/C28H30P2S2/c1-21-5-13-25(14-6-21)32(30(29)31-32,26-15-7-22(2)8-16-26,27-17-9-23(3)10-18-27)28-19-11-24(4)12-20-28/h5-20H,29H2,1-4H3. The molecule has 4 aromatic rings. The van der Waals surface area contributed by atoms with Gasteiger partial charge in [-0.2, -0.15) is 0 Å². The maximum absolute atomic E-state index is 3.32. The van der Waals surface area contributed by atoms with Gasteiger partial charge in [0.05, 0.1) is 0 Å². The van der Waals surface area contributed by atoms with Gasteiger partial charge in [0.1, 0.15) is 0 Å². The number of hydrogen-bond acceptors (Lipinski definition) is 1. The summed E-state index contributed by atoms with van der Waals surface area (Å²) >= 11 is 0. The molecule has 32 heavy (non-hydrogen) atoms. The van der Waals surface area contributed by atoms with Gasteiger partial charge >= 0.3 is 0 Å². The van der Waals surface area contributed by atoms with Crippen molar-refractivity contribution in [3.05, 3.63) is 119 Å². The Morgan fingerprint density at radius 3 is 0.812 bits per heavy atom. The molecular formula is C28H30P2S2. The Morgan fingerprint density at radius 2 is 0.656 bits per heavy atom. The summed E-state index contributed by atoms with van der Waals surface area (Å²) in [5, 5.41) is 0. The highest BCUT2D eigenvalue weighted by Crippen LogP contribution is 3.44. The van der Waals surface area contributed by atoms with Crippen LogP contribution in [0.25, 0.3) is 0 Å². The van der Waals surface area contributed by atoms with Crippen LogP contribution in [0.3, 0.4) is 0 Å². The summed E-state index contributed by atoms with van der Waals surface area (Å²) in [6, 6.07) is 37.2. The molecule has 0 N–H and O–H groups in total. The molecular weight excluding hydrogens is 462 g/mol. The third-order valence-electron chi connectivity index (χ3n) is 6.97. The normalized spacial score (nSPS) is 22.1. The molecule has 1 saturated heterocycles. The van der Waals surface area contributed by atoms with Crippen LogP contribution in [0.4, 0.5) is 0 Å². The fraction of sp³-hybridized carbons (Fsp3) is 0.143. The van der Waals surface area contributed by atoms with Crippen molar-refractivity contribution >= 4 is 32.3 Å². The van der Waals surface area contributed by atoms with E-state index in [0.29, 0.717) is 0 Å². The van der Waals surface area contributed by atoms with Crippen LogP contribution < -0.4 is 0 Å². The topological polar surface area (TPSA) is 0 Å². The van der Waals surface area contributed by atoms with Crippen molar-refractivity contribution in [3.8, 4) is 0 Å². The summed E-state index contributed by atoms with van der Waals surface area (Å²) in [6.07, 6.45) is 0. The van der Waals surface area contributed by atoms with E-state index in [-0.39, 0.29) is 0 Å². The molecule has 1 aliphatic heterocycles. The van der Waals surface area contributed by atoms with Crippen LogP contribution in [-0.4, -0.2) is 0 Å². The zero-order valence-electron chi connectivity index (χ0n) is 19.1. The van der Waals surface area contributed by atoms with Crippen molar-refractivity contribution < 1.29 is 0 Å². The van der Waals surface area contributed by atoms with Gasteiger partial charge in [0, 0.05) is 25.6 Å². The highest BCUT2D eigenvalue weighted by molar-refractivity contribution is 9.73. The van der Waals surface area contributed by atoms with Crippen molar-refractivity contribution in [3.63, 3.8) is 0 Å². The molecule has 5 rings (SSSR count). The predicted octanol–water partition coefficient (Wildman–Crippen LogP) is 10.1. The quantitative estimate of drug-likeness (QED) is 0.155. The van der Waals surface area contributed by atoms with Crippen LogP contribution in [-0.2, 0) is 0 Å². The molecule has 0 saturated carbocycles. The number of benzene rings is 4. The number of rotatable bonds is 4. The number of hydrogen-bond donors (Lipinski definition) is 0. The monoisotopic (exact) mass is 492 g/mol. The average Bonchev–Trinajstić information content (AvgIpc) is 3.40. The van der Waals surface area contributed by atoms with Gasteiger partial charge < -0.3 is 0 Å². The first-order chi connectivity index (χ1) is 15.3. The van der Waals surface area contributed by atoms with Crippen LogP contribution in [0.5, 0.6) is 0 Å². The van der Waals surface area contributed by atoms with Crippen molar-refractivity contribution in [1.82, 2.24) is 0 Å². The lowest BCUT2D eigenvalue weighted by molar-refractivity contribution is 1.20. The first kappa shape index (κ1) is 22.2. The van der Waals surface area contributed by atoms with E-state index in [2.05, 4.69) is 144 Å². The van der Waals surface area contributed by atoms with Gasteiger partial charge in [-0.25, -0.2) is 0 Å². The maximum atomic E-state index is 3.32. The van der Waals surface area contributed by atoms with E-state index in [4.69, 9.17) is 0 Å². The second kappa shape index (κ2) is 7.22. The van der Waals surface area contributed by atoms with Gasteiger partial charge in [-0.15, -0.1) is 6.95 Å². The summed E-state index contributed by atoms with van der Waals surface area (Å²) in [5.41, 5.74) is 5.20. The molecule has 0 radical (unpaired) electrons. The maximum Gasteiger partial charge on any atom is 0.0336 e. The molecule has 2 unspecified atom stereocenters. The van der Waals surface area contributed by atoms with E-state index in [9.17, 15) is 0 Å². The first-order valence-corrected chi connectivity index (χ1v) is 18.8. The molecule has 0 aliphatic carbocycles. The van der Waals surface area contributed by atoms with E-state index in [0.717, 1.165) is 0 Å². The predicted molar refractivity (Wildman–Crippen MR) is 150 cm³/mol. The SMILES string of the molecule is Cc1ccc(S2(c3ccc(C)cc3)(c3ccc(C)cc3)(c3ccc(C)cc3)SP2P)cc1.